The van der Waals surface area contributed by atoms with E-state index in [1.807, 2.05) is 0 Å². The van der Waals surface area contributed by atoms with Gasteiger partial charge in [0.15, 0.2) is 0 Å². The molecule has 1 aliphatic rings. The van der Waals surface area contributed by atoms with Crippen LogP contribution in [0.25, 0.3) is 10.4 Å². The standard InChI is InChI=1S/C13H20N4O7/c1-6(2)22-13-11(16-20)10(15-17-14)12(23-8(4)19)9(24-13)5-21-7(3)18/h6,9-10,12-13,20H,5H2,1-4H3/b16-11-/t9-,10-,12-,13-/m1/s1. The zero-order valence-electron chi connectivity index (χ0n) is 13.8. The van der Waals surface area contributed by atoms with Crippen molar-refractivity contribution in [3.63, 3.8) is 0 Å². The first kappa shape index (κ1) is 19.7. The van der Waals surface area contributed by atoms with Crippen molar-refractivity contribution in [3.05, 3.63) is 10.4 Å². The van der Waals surface area contributed by atoms with Crippen LogP contribution >= 0.6 is 0 Å². The second-order valence-corrected chi connectivity index (χ2v) is 5.24. The Bertz CT molecular complexity index is 544. The van der Waals surface area contributed by atoms with Crippen LogP contribution in [0.4, 0.5) is 0 Å². The first-order valence-electron chi connectivity index (χ1n) is 7.17. The topological polar surface area (TPSA) is 152 Å². The molecule has 24 heavy (non-hydrogen) atoms. The third-order valence-electron chi connectivity index (χ3n) is 2.96. The number of oxime groups is 1. The van der Waals surface area contributed by atoms with E-state index in [0.717, 1.165) is 6.92 Å². The van der Waals surface area contributed by atoms with Crippen LogP contribution in [0.15, 0.2) is 10.3 Å². The summed E-state index contributed by atoms with van der Waals surface area (Å²) in [6, 6.07) is -1.18. The number of carbonyl (C=O) groups is 2. The van der Waals surface area contributed by atoms with Gasteiger partial charge in [0.05, 0.1) is 6.10 Å². The summed E-state index contributed by atoms with van der Waals surface area (Å²) in [5.74, 6) is -1.24. The van der Waals surface area contributed by atoms with Gasteiger partial charge in [-0.3, -0.25) is 9.59 Å². The maximum absolute atomic E-state index is 11.3. The average Bonchev–Trinajstić information content (AvgIpc) is 2.47. The molecular weight excluding hydrogens is 324 g/mol. The van der Waals surface area contributed by atoms with E-state index >= 15 is 0 Å². The summed E-state index contributed by atoms with van der Waals surface area (Å²) >= 11 is 0. The summed E-state index contributed by atoms with van der Waals surface area (Å²) in [7, 11) is 0. The van der Waals surface area contributed by atoms with Gasteiger partial charge in [-0.15, -0.1) is 0 Å². The largest absolute Gasteiger partial charge is 0.463 e. The van der Waals surface area contributed by atoms with Gasteiger partial charge < -0.3 is 24.2 Å². The number of ether oxygens (including phenoxy) is 4. The molecule has 0 bridgehead atoms. The number of carbonyl (C=O) groups excluding carboxylic acids is 2. The lowest BCUT2D eigenvalue weighted by atomic mass is 9.97. The lowest BCUT2D eigenvalue weighted by Gasteiger charge is -2.39. The van der Waals surface area contributed by atoms with E-state index in [-0.39, 0.29) is 18.4 Å². The van der Waals surface area contributed by atoms with Crippen LogP contribution in [0.5, 0.6) is 0 Å². The van der Waals surface area contributed by atoms with Crippen molar-refractivity contribution < 1.29 is 33.7 Å². The van der Waals surface area contributed by atoms with E-state index < -0.39 is 36.5 Å². The minimum atomic E-state index is -1.18. The highest BCUT2D eigenvalue weighted by Gasteiger charge is 2.47. The Morgan fingerprint density at radius 2 is 2.04 bits per heavy atom. The number of hydrogen-bond donors (Lipinski definition) is 1. The number of azide groups is 1. The Balaban J connectivity index is 3.19. The third kappa shape index (κ3) is 5.37. The molecule has 1 fully saturated rings. The minimum Gasteiger partial charge on any atom is -0.463 e. The predicted molar refractivity (Wildman–Crippen MR) is 79.2 cm³/mol. The fraction of sp³-hybridized carbons (Fsp3) is 0.769. The van der Waals surface area contributed by atoms with Gasteiger partial charge in [-0.1, -0.05) is 10.3 Å². The summed E-state index contributed by atoms with van der Waals surface area (Å²) in [5.41, 5.74) is 8.62. The Labute approximate surface area is 138 Å². The lowest BCUT2D eigenvalue weighted by Crippen LogP contribution is -2.58. The zero-order valence-corrected chi connectivity index (χ0v) is 13.8. The van der Waals surface area contributed by atoms with Crippen molar-refractivity contribution in [2.75, 3.05) is 6.61 Å². The molecule has 1 heterocycles. The van der Waals surface area contributed by atoms with Crippen molar-refractivity contribution >= 4 is 17.7 Å². The highest BCUT2D eigenvalue weighted by molar-refractivity contribution is 5.94. The fourth-order valence-corrected chi connectivity index (χ4v) is 2.12. The van der Waals surface area contributed by atoms with Crippen molar-refractivity contribution in [1.82, 2.24) is 0 Å². The molecule has 0 unspecified atom stereocenters. The first-order chi connectivity index (χ1) is 11.3. The normalized spacial score (nSPS) is 28.3. The van der Waals surface area contributed by atoms with Gasteiger partial charge in [-0.05, 0) is 19.4 Å². The average molecular weight is 344 g/mol. The number of hydrogen-bond acceptors (Lipinski definition) is 9. The van der Waals surface area contributed by atoms with E-state index in [9.17, 15) is 14.8 Å². The van der Waals surface area contributed by atoms with E-state index in [1.165, 1.54) is 6.92 Å². The smallest absolute Gasteiger partial charge is 0.303 e. The molecule has 0 aliphatic carbocycles. The van der Waals surface area contributed by atoms with Crippen LogP contribution < -0.4 is 0 Å². The van der Waals surface area contributed by atoms with Gasteiger partial charge in [-0.2, -0.15) is 0 Å². The molecule has 0 spiro atoms. The number of esters is 2. The van der Waals surface area contributed by atoms with Gasteiger partial charge in [0.1, 0.15) is 30.6 Å². The van der Waals surface area contributed by atoms with Crippen molar-refractivity contribution in [3.8, 4) is 0 Å². The highest BCUT2D eigenvalue weighted by atomic mass is 16.7. The van der Waals surface area contributed by atoms with Crippen LogP contribution in [0, 0.1) is 0 Å². The monoisotopic (exact) mass is 344 g/mol. The summed E-state index contributed by atoms with van der Waals surface area (Å²) in [4.78, 5) is 25.1. The number of rotatable bonds is 6. The van der Waals surface area contributed by atoms with Crippen LogP contribution in [0.1, 0.15) is 27.7 Å². The molecule has 0 aromatic rings. The lowest BCUT2D eigenvalue weighted by molar-refractivity contribution is -0.211. The fourth-order valence-electron chi connectivity index (χ4n) is 2.12. The minimum absolute atomic E-state index is 0.146. The maximum Gasteiger partial charge on any atom is 0.303 e. The van der Waals surface area contributed by atoms with Crippen molar-refractivity contribution in [2.45, 2.75) is 58.3 Å². The molecule has 1 saturated heterocycles. The molecule has 0 saturated carbocycles. The van der Waals surface area contributed by atoms with Gasteiger partial charge in [0.2, 0.25) is 6.29 Å². The van der Waals surface area contributed by atoms with E-state index in [0.29, 0.717) is 0 Å². The molecule has 0 aromatic carbocycles. The Kier molecular flexibility index (Phi) is 7.43. The highest BCUT2D eigenvalue weighted by Crippen LogP contribution is 2.26. The molecule has 11 nitrogen and oxygen atoms in total. The molecule has 0 aromatic heterocycles. The predicted octanol–water partition coefficient (Wildman–Crippen LogP) is 1.14. The van der Waals surface area contributed by atoms with Crippen LogP contribution in [0.3, 0.4) is 0 Å². The van der Waals surface area contributed by atoms with Gasteiger partial charge >= 0.3 is 11.9 Å². The van der Waals surface area contributed by atoms with Gasteiger partial charge in [-0.25, -0.2) is 0 Å². The van der Waals surface area contributed by atoms with E-state index in [2.05, 4.69) is 15.2 Å². The second-order valence-electron chi connectivity index (χ2n) is 5.24. The molecule has 4 atom stereocenters. The van der Waals surface area contributed by atoms with Crippen molar-refractivity contribution in [1.29, 1.82) is 0 Å². The molecular formula is C13H20N4O7. The van der Waals surface area contributed by atoms with Crippen LogP contribution in [0.2, 0.25) is 0 Å². The molecule has 0 radical (unpaired) electrons. The van der Waals surface area contributed by atoms with Crippen LogP contribution in [-0.4, -0.2) is 60.1 Å². The van der Waals surface area contributed by atoms with Gasteiger partial charge in [0, 0.05) is 18.8 Å². The third-order valence-corrected chi connectivity index (χ3v) is 2.96. The van der Waals surface area contributed by atoms with E-state index in [1.54, 1.807) is 13.8 Å². The second kappa shape index (κ2) is 9.06. The molecule has 1 aliphatic heterocycles. The maximum atomic E-state index is 11.3. The Hall–Kier alpha value is -2.36. The summed E-state index contributed by atoms with van der Waals surface area (Å²) in [5, 5.41) is 15.8. The van der Waals surface area contributed by atoms with E-state index in [4.69, 9.17) is 24.5 Å². The Morgan fingerprint density at radius 1 is 1.38 bits per heavy atom. The zero-order chi connectivity index (χ0) is 18.3. The van der Waals surface area contributed by atoms with Crippen LogP contribution in [-0.2, 0) is 28.5 Å². The summed E-state index contributed by atoms with van der Waals surface area (Å²) in [6.45, 7) is 5.54. The summed E-state index contributed by atoms with van der Waals surface area (Å²) in [6.07, 6.45) is -3.57. The molecule has 134 valence electrons. The number of nitrogens with zero attached hydrogens (tertiary/aromatic N) is 4. The van der Waals surface area contributed by atoms with Crippen molar-refractivity contribution in [2.24, 2.45) is 10.3 Å². The molecule has 11 heteroatoms. The molecule has 1 rings (SSSR count). The first-order valence-corrected chi connectivity index (χ1v) is 7.17. The summed E-state index contributed by atoms with van der Waals surface area (Å²) < 4.78 is 21.1. The van der Waals surface area contributed by atoms with Gasteiger partial charge in [0.25, 0.3) is 0 Å². The molecule has 1 N–H and O–H groups in total. The quantitative estimate of drug-likeness (QED) is 0.189. The SMILES string of the molecule is CC(=O)OC[C@H]1O[C@@H](OC(C)C)/C(=N\O)[C@@H](N=[N+]=[N-])[C@@H]1OC(C)=O. The Morgan fingerprint density at radius 3 is 2.50 bits per heavy atom. The molecule has 0 amide bonds.